The van der Waals surface area contributed by atoms with Crippen LogP contribution in [0.15, 0.2) is 12.1 Å². The Bertz CT molecular complexity index is 661. The number of fused-ring (bicyclic) bond motifs is 3. The average Bonchev–Trinajstić information content (AvgIpc) is 2.83. The van der Waals surface area contributed by atoms with Gasteiger partial charge in [0.25, 0.3) is 5.78 Å². The van der Waals surface area contributed by atoms with E-state index in [1.165, 1.54) is 6.07 Å². The molecule has 2 aliphatic rings. The van der Waals surface area contributed by atoms with Crippen molar-refractivity contribution in [2.75, 3.05) is 25.5 Å². The first kappa shape index (κ1) is 14.4. The van der Waals surface area contributed by atoms with E-state index in [1.54, 1.807) is 6.07 Å². The van der Waals surface area contributed by atoms with Crippen molar-refractivity contribution >= 4 is 29.0 Å². The third-order valence-corrected chi connectivity index (χ3v) is 5.11. The number of hydrogen-bond acceptors (Lipinski definition) is 4. The number of ketones is 1. The number of carbonyl (C=O) groups excluding carboxylic acids is 1. The fraction of sp³-hybridized carbons (Fsp3) is 0.467. The summed E-state index contributed by atoms with van der Waals surface area (Å²) < 4.78 is 0. The summed E-state index contributed by atoms with van der Waals surface area (Å²) in [5, 5.41) is 9.34. The van der Waals surface area contributed by atoms with E-state index >= 15 is 0 Å². The number of Topliss-reactive ketones (excluding diaryl/α,β-unsaturated/α-hetero) is 1. The molecule has 21 heavy (non-hydrogen) atoms. The highest BCUT2D eigenvalue weighted by atomic mass is 35.5. The molecule has 1 saturated heterocycles. The van der Waals surface area contributed by atoms with Crippen molar-refractivity contribution < 1.29 is 14.7 Å². The Hall–Kier alpha value is -1.59. The molecule has 0 spiro atoms. The van der Waals surface area contributed by atoms with Gasteiger partial charge >= 0.3 is 5.97 Å². The van der Waals surface area contributed by atoms with Crippen LogP contribution in [0.1, 0.15) is 29.3 Å². The second-order valence-electron chi connectivity index (χ2n) is 6.12. The molecule has 0 aliphatic carbocycles. The lowest BCUT2D eigenvalue weighted by Crippen LogP contribution is -2.45. The monoisotopic (exact) mass is 308 g/mol. The van der Waals surface area contributed by atoms with E-state index in [0.717, 1.165) is 24.2 Å². The molecule has 0 saturated carbocycles. The molecule has 3 rings (SSSR count). The molecular weight excluding hydrogens is 292 g/mol. The van der Waals surface area contributed by atoms with Crippen molar-refractivity contribution in [3.05, 3.63) is 28.3 Å². The molecule has 2 atom stereocenters. The van der Waals surface area contributed by atoms with Gasteiger partial charge in [-0.25, -0.2) is 4.79 Å². The molecule has 0 bridgehead atoms. The molecular formula is C15H17ClN2O3. The van der Waals surface area contributed by atoms with Crippen molar-refractivity contribution in [3.8, 4) is 0 Å². The minimum atomic E-state index is -1.46. The topological polar surface area (TPSA) is 60.9 Å². The number of anilines is 1. The molecule has 1 N–H and O–H groups in total. The molecule has 112 valence electrons. The highest BCUT2D eigenvalue weighted by Gasteiger charge is 2.53. The van der Waals surface area contributed by atoms with Crippen LogP contribution in [0.4, 0.5) is 5.69 Å². The van der Waals surface area contributed by atoms with Crippen LogP contribution in [0.2, 0.25) is 5.02 Å². The number of hydrogen-bond donors (Lipinski definition) is 1. The second-order valence-corrected chi connectivity index (χ2v) is 6.53. The standard InChI is InChI=1S/C15H17ClN2O3/c1-15-4-5-17(2)14(15)18(3)11-9(15)6-8(7-10(11)16)12(19)13(20)21/h6-7,14H,4-5H2,1-3H3,(H,20,21). The number of carbonyl (C=O) groups is 2. The molecule has 5 nitrogen and oxygen atoms in total. The summed E-state index contributed by atoms with van der Waals surface area (Å²) in [7, 11) is 4.05. The van der Waals surface area contributed by atoms with Gasteiger partial charge < -0.3 is 10.0 Å². The van der Waals surface area contributed by atoms with Gasteiger partial charge in [-0.15, -0.1) is 0 Å². The first-order valence-corrected chi connectivity index (χ1v) is 7.20. The number of likely N-dealkylation sites (N-methyl/N-ethyl adjacent to an activating group) is 2. The van der Waals surface area contributed by atoms with Gasteiger partial charge in [-0.3, -0.25) is 9.69 Å². The van der Waals surface area contributed by atoms with E-state index in [9.17, 15) is 9.59 Å². The summed E-state index contributed by atoms with van der Waals surface area (Å²) in [5.41, 5.74) is 1.88. The van der Waals surface area contributed by atoms with Crippen LogP contribution in [0.25, 0.3) is 0 Å². The van der Waals surface area contributed by atoms with Crippen LogP contribution < -0.4 is 4.90 Å². The number of likely N-dealkylation sites (tertiary alicyclic amines) is 1. The average molecular weight is 309 g/mol. The molecule has 0 amide bonds. The molecule has 2 aliphatic heterocycles. The lowest BCUT2D eigenvalue weighted by molar-refractivity contribution is -0.131. The Morgan fingerprint density at radius 3 is 2.67 bits per heavy atom. The smallest absolute Gasteiger partial charge is 0.377 e. The van der Waals surface area contributed by atoms with Gasteiger partial charge in [-0.05, 0) is 31.2 Å². The van der Waals surface area contributed by atoms with Gasteiger partial charge in [0.2, 0.25) is 0 Å². The number of carboxylic acids is 1. The Kier molecular flexibility index (Phi) is 3.04. The van der Waals surface area contributed by atoms with E-state index in [-0.39, 0.29) is 17.1 Å². The van der Waals surface area contributed by atoms with E-state index in [0.29, 0.717) is 5.02 Å². The first-order chi connectivity index (χ1) is 9.77. The fourth-order valence-electron chi connectivity index (χ4n) is 3.91. The SMILES string of the molecule is CN1CCC2(C)c3cc(C(=O)C(=O)O)cc(Cl)c3N(C)C12. The zero-order chi connectivity index (χ0) is 15.5. The molecule has 0 aromatic heterocycles. The van der Waals surface area contributed by atoms with Crippen molar-refractivity contribution in [1.82, 2.24) is 4.90 Å². The maximum atomic E-state index is 11.8. The number of carboxylic acid groups (broad SMARTS) is 1. The van der Waals surface area contributed by atoms with Gasteiger partial charge in [-0.1, -0.05) is 18.5 Å². The number of aliphatic carboxylic acids is 1. The molecule has 0 radical (unpaired) electrons. The minimum Gasteiger partial charge on any atom is -0.475 e. The Morgan fingerprint density at radius 2 is 2.05 bits per heavy atom. The molecule has 2 unspecified atom stereocenters. The lowest BCUT2D eigenvalue weighted by Gasteiger charge is -2.32. The maximum absolute atomic E-state index is 11.8. The van der Waals surface area contributed by atoms with Crippen LogP contribution >= 0.6 is 11.6 Å². The molecule has 1 aromatic rings. The number of rotatable bonds is 2. The predicted molar refractivity (Wildman–Crippen MR) is 80.2 cm³/mol. The van der Waals surface area contributed by atoms with Gasteiger partial charge in [0.05, 0.1) is 16.9 Å². The van der Waals surface area contributed by atoms with E-state index in [2.05, 4.69) is 23.8 Å². The highest BCUT2D eigenvalue weighted by Crippen LogP contribution is 2.53. The number of benzene rings is 1. The van der Waals surface area contributed by atoms with Gasteiger partial charge in [0.1, 0.15) is 0 Å². The van der Waals surface area contributed by atoms with E-state index in [1.807, 2.05) is 7.05 Å². The second kappa shape index (κ2) is 4.45. The third kappa shape index (κ3) is 1.80. The largest absolute Gasteiger partial charge is 0.475 e. The number of nitrogens with zero attached hydrogens (tertiary/aromatic N) is 2. The zero-order valence-electron chi connectivity index (χ0n) is 12.2. The van der Waals surface area contributed by atoms with Crippen LogP contribution in [0.5, 0.6) is 0 Å². The Morgan fingerprint density at radius 1 is 1.38 bits per heavy atom. The molecule has 1 aromatic carbocycles. The zero-order valence-corrected chi connectivity index (χ0v) is 12.9. The van der Waals surface area contributed by atoms with Gasteiger partial charge in [-0.2, -0.15) is 0 Å². The highest BCUT2D eigenvalue weighted by molar-refractivity contribution is 6.41. The van der Waals surface area contributed by atoms with Crippen molar-refractivity contribution in [2.24, 2.45) is 0 Å². The maximum Gasteiger partial charge on any atom is 0.377 e. The van der Waals surface area contributed by atoms with Crippen molar-refractivity contribution in [3.63, 3.8) is 0 Å². The third-order valence-electron chi connectivity index (χ3n) is 4.83. The summed E-state index contributed by atoms with van der Waals surface area (Å²) in [6.07, 6.45) is 1.13. The van der Waals surface area contributed by atoms with Crippen LogP contribution in [-0.2, 0) is 10.2 Å². The molecule has 2 heterocycles. The van der Waals surface area contributed by atoms with Gasteiger partial charge in [0, 0.05) is 24.6 Å². The summed E-state index contributed by atoms with van der Waals surface area (Å²) in [6, 6.07) is 3.16. The Labute approximate surface area is 128 Å². The van der Waals surface area contributed by atoms with Crippen molar-refractivity contribution in [1.29, 1.82) is 0 Å². The summed E-state index contributed by atoms with van der Waals surface area (Å²) in [6.45, 7) is 3.11. The van der Waals surface area contributed by atoms with E-state index in [4.69, 9.17) is 16.7 Å². The minimum absolute atomic E-state index is 0.142. The summed E-state index contributed by atoms with van der Waals surface area (Å²) in [4.78, 5) is 27.1. The van der Waals surface area contributed by atoms with Crippen molar-refractivity contribution in [2.45, 2.75) is 24.9 Å². The summed E-state index contributed by atoms with van der Waals surface area (Å²) in [5.74, 6) is -2.37. The normalized spacial score (nSPS) is 27.6. The molecule has 6 heteroatoms. The number of halogens is 1. The predicted octanol–water partition coefficient (Wildman–Crippen LogP) is 1.98. The summed E-state index contributed by atoms with van der Waals surface area (Å²) >= 11 is 6.33. The van der Waals surface area contributed by atoms with Crippen LogP contribution in [0, 0.1) is 0 Å². The van der Waals surface area contributed by atoms with Crippen LogP contribution in [-0.4, -0.2) is 48.6 Å². The Balaban J connectivity index is 2.19. The van der Waals surface area contributed by atoms with E-state index < -0.39 is 11.8 Å². The first-order valence-electron chi connectivity index (χ1n) is 6.82. The fourth-order valence-corrected chi connectivity index (χ4v) is 4.27. The lowest BCUT2D eigenvalue weighted by atomic mass is 9.80. The van der Waals surface area contributed by atoms with Crippen LogP contribution in [0.3, 0.4) is 0 Å². The van der Waals surface area contributed by atoms with Gasteiger partial charge in [0.15, 0.2) is 0 Å². The quantitative estimate of drug-likeness (QED) is 0.668. The molecule has 1 fully saturated rings.